The van der Waals surface area contributed by atoms with Gasteiger partial charge in [0.05, 0.1) is 11.7 Å². The predicted molar refractivity (Wildman–Crippen MR) is 68.4 cm³/mol. The van der Waals surface area contributed by atoms with Crippen LogP contribution in [0.15, 0.2) is 48.7 Å². The minimum Gasteiger partial charge on any atom is -0.322 e. The van der Waals surface area contributed by atoms with Gasteiger partial charge in [0.25, 0.3) is 0 Å². The number of hydrogen-bond donors (Lipinski definition) is 1. The molecule has 0 amide bonds. The minimum absolute atomic E-state index is 0.302. The highest BCUT2D eigenvalue weighted by atomic mass is 19.1. The van der Waals surface area contributed by atoms with E-state index in [1.807, 2.05) is 18.2 Å². The molecule has 1 heterocycles. The van der Waals surface area contributed by atoms with E-state index < -0.39 is 0 Å². The zero-order valence-corrected chi connectivity index (χ0v) is 9.96. The average molecular weight is 242 g/mol. The monoisotopic (exact) mass is 242 g/mol. The second kappa shape index (κ2) is 4.50. The molecule has 92 valence electrons. The van der Waals surface area contributed by atoms with Gasteiger partial charge < -0.3 is 5.73 Å². The molecule has 3 rings (SSSR count). The largest absolute Gasteiger partial charge is 0.322 e. The predicted octanol–water partition coefficient (Wildman–Crippen LogP) is 3.02. The summed E-state index contributed by atoms with van der Waals surface area (Å²) in [6.45, 7) is 0. The molecule has 1 saturated carbocycles. The molecule has 1 aliphatic rings. The lowest BCUT2D eigenvalue weighted by atomic mass is 10.0. The molecule has 2 N–H and O–H groups in total. The summed E-state index contributed by atoms with van der Waals surface area (Å²) in [4.78, 5) is 4.07. The fourth-order valence-electron chi connectivity index (χ4n) is 2.54. The summed E-state index contributed by atoms with van der Waals surface area (Å²) in [5, 5.41) is 0. The summed E-state index contributed by atoms with van der Waals surface area (Å²) >= 11 is 0. The van der Waals surface area contributed by atoms with Gasteiger partial charge in [-0.05, 0) is 36.0 Å². The van der Waals surface area contributed by atoms with Gasteiger partial charge >= 0.3 is 0 Å². The van der Waals surface area contributed by atoms with Crippen LogP contribution < -0.4 is 5.73 Å². The van der Waals surface area contributed by atoms with Crippen LogP contribution in [0, 0.1) is 11.7 Å². The number of benzene rings is 1. The highest BCUT2D eigenvalue weighted by Gasteiger charge is 2.43. The van der Waals surface area contributed by atoms with E-state index in [1.165, 1.54) is 11.6 Å². The fraction of sp³-hybridized carbons (Fsp3) is 0.267. The maximum Gasteiger partial charge on any atom is 0.146 e. The molecule has 1 aliphatic carbocycles. The van der Waals surface area contributed by atoms with E-state index in [9.17, 15) is 4.39 Å². The van der Waals surface area contributed by atoms with Gasteiger partial charge in [0, 0.05) is 6.20 Å². The number of nitrogens with zero attached hydrogens (tertiary/aromatic N) is 1. The maximum absolute atomic E-state index is 13.6. The van der Waals surface area contributed by atoms with E-state index >= 15 is 0 Å². The number of pyridine rings is 1. The molecule has 2 nitrogen and oxygen atoms in total. The molecule has 2 aromatic rings. The number of halogens is 1. The van der Waals surface area contributed by atoms with Crippen molar-refractivity contribution in [2.75, 3.05) is 0 Å². The Morgan fingerprint density at radius 1 is 1.17 bits per heavy atom. The average Bonchev–Trinajstić information content (AvgIpc) is 3.20. The summed E-state index contributed by atoms with van der Waals surface area (Å²) in [6.07, 6.45) is 2.61. The van der Waals surface area contributed by atoms with Crippen molar-refractivity contribution in [3.05, 3.63) is 65.7 Å². The summed E-state index contributed by atoms with van der Waals surface area (Å²) in [7, 11) is 0. The van der Waals surface area contributed by atoms with Gasteiger partial charge in [-0.1, -0.05) is 30.3 Å². The lowest BCUT2D eigenvalue weighted by molar-refractivity contribution is 0.529. The first-order valence-corrected chi connectivity index (χ1v) is 6.18. The van der Waals surface area contributed by atoms with Crippen molar-refractivity contribution >= 4 is 0 Å². The van der Waals surface area contributed by atoms with Crippen molar-refractivity contribution in [2.45, 2.75) is 18.4 Å². The molecule has 0 bridgehead atoms. The summed E-state index contributed by atoms with van der Waals surface area (Å²) < 4.78 is 13.6. The van der Waals surface area contributed by atoms with Crippen molar-refractivity contribution in [1.82, 2.24) is 4.98 Å². The lowest BCUT2D eigenvalue weighted by Gasteiger charge is -2.11. The highest BCUT2D eigenvalue weighted by Crippen LogP contribution is 2.53. The highest BCUT2D eigenvalue weighted by molar-refractivity contribution is 5.28. The van der Waals surface area contributed by atoms with Crippen LogP contribution in [0.2, 0.25) is 0 Å². The maximum atomic E-state index is 13.6. The SMILES string of the molecule is NC(c1ncccc1F)C1CC1c1ccccc1. The van der Waals surface area contributed by atoms with Crippen LogP contribution in [-0.4, -0.2) is 4.98 Å². The number of rotatable bonds is 3. The van der Waals surface area contributed by atoms with E-state index in [2.05, 4.69) is 17.1 Å². The zero-order chi connectivity index (χ0) is 12.5. The Morgan fingerprint density at radius 3 is 2.67 bits per heavy atom. The van der Waals surface area contributed by atoms with Crippen molar-refractivity contribution in [2.24, 2.45) is 11.7 Å². The smallest absolute Gasteiger partial charge is 0.146 e. The Kier molecular flexibility index (Phi) is 2.84. The Labute approximate surface area is 106 Å². The van der Waals surface area contributed by atoms with Crippen LogP contribution in [0.4, 0.5) is 4.39 Å². The van der Waals surface area contributed by atoms with E-state index in [0.29, 0.717) is 17.5 Å². The van der Waals surface area contributed by atoms with E-state index in [-0.39, 0.29) is 11.9 Å². The fourth-order valence-corrected chi connectivity index (χ4v) is 2.54. The molecular formula is C15H15FN2. The number of hydrogen-bond acceptors (Lipinski definition) is 2. The molecule has 3 atom stereocenters. The first-order chi connectivity index (χ1) is 8.77. The van der Waals surface area contributed by atoms with Crippen LogP contribution >= 0.6 is 0 Å². The second-order valence-corrected chi connectivity index (χ2v) is 4.81. The normalized spacial score (nSPS) is 23.7. The van der Waals surface area contributed by atoms with Crippen molar-refractivity contribution in [1.29, 1.82) is 0 Å². The number of nitrogens with two attached hydrogens (primary N) is 1. The molecule has 1 aromatic heterocycles. The van der Waals surface area contributed by atoms with E-state index in [1.54, 1.807) is 12.3 Å². The molecular weight excluding hydrogens is 227 g/mol. The van der Waals surface area contributed by atoms with Crippen LogP contribution in [0.5, 0.6) is 0 Å². The van der Waals surface area contributed by atoms with Crippen LogP contribution in [0.1, 0.15) is 29.6 Å². The molecule has 0 radical (unpaired) electrons. The molecule has 1 fully saturated rings. The molecule has 0 saturated heterocycles. The molecule has 3 heteroatoms. The topological polar surface area (TPSA) is 38.9 Å². The first-order valence-electron chi connectivity index (χ1n) is 6.18. The van der Waals surface area contributed by atoms with Gasteiger partial charge in [-0.2, -0.15) is 0 Å². The summed E-state index contributed by atoms with van der Waals surface area (Å²) in [5.74, 6) is 0.447. The van der Waals surface area contributed by atoms with E-state index in [4.69, 9.17) is 5.73 Å². The summed E-state index contributed by atoms with van der Waals surface area (Å²) in [6, 6.07) is 13.0. The quantitative estimate of drug-likeness (QED) is 0.898. The van der Waals surface area contributed by atoms with Gasteiger partial charge in [0.15, 0.2) is 0 Å². The first kappa shape index (κ1) is 11.4. The Hall–Kier alpha value is -1.74. The lowest BCUT2D eigenvalue weighted by Crippen LogP contribution is -2.16. The Balaban J connectivity index is 1.77. The molecule has 1 aromatic carbocycles. The van der Waals surface area contributed by atoms with Crippen molar-refractivity contribution in [3.8, 4) is 0 Å². The third-order valence-corrected chi connectivity index (χ3v) is 3.63. The molecule has 3 unspecified atom stereocenters. The standard InChI is InChI=1S/C15H15FN2/c16-13-7-4-8-18-15(13)14(17)12-9-11(12)10-5-2-1-3-6-10/h1-8,11-12,14H,9,17H2. The van der Waals surface area contributed by atoms with Gasteiger partial charge in [0.2, 0.25) is 0 Å². The third-order valence-electron chi connectivity index (χ3n) is 3.63. The van der Waals surface area contributed by atoms with Gasteiger partial charge in [-0.25, -0.2) is 4.39 Å². The molecule has 18 heavy (non-hydrogen) atoms. The minimum atomic E-state index is -0.309. The molecule has 0 spiro atoms. The number of aromatic nitrogens is 1. The molecule has 0 aliphatic heterocycles. The van der Waals surface area contributed by atoms with E-state index in [0.717, 1.165) is 6.42 Å². The van der Waals surface area contributed by atoms with Gasteiger partial charge in [-0.3, -0.25) is 4.98 Å². The summed E-state index contributed by atoms with van der Waals surface area (Å²) in [5.41, 5.74) is 7.80. The van der Waals surface area contributed by atoms with Crippen molar-refractivity contribution in [3.63, 3.8) is 0 Å². The van der Waals surface area contributed by atoms with Crippen LogP contribution in [0.25, 0.3) is 0 Å². The van der Waals surface area contributed by atoms with Crippen LogP contribution in [0.3, 0.4) is 0 Å². The Bertz CT molecular complexity index is 541. The second-order valence-electron chi connectivity index (χ2n) is 4.81. The van der Waals surface area contributed by atoms with Crippen molar-refractivity contribution < 1.29 is 4.39 Å². The van der Waals surface area contributed by atoms with Crippen LogP contribution in [-0.2, 0) is 0 Å². The van der Waals surface area contributed by atoms with Gasteiger partial charge in [-0.15, -0.1) is 0 Å². The zero-order valence-electron chi connectivity index (χ0n) is 9.96. The van der Waals surface area contributed by atoms with Gasteiger partial charge in [0.1, 0.15) is 5.82 Å². The Morgan fingerprint density at radius 2 is 1.94 bits per heavy atom. The third kappa shape index (κ3) is 2.02.